The van der Waals surface area contributed by atoms with E-state index in [2.05, 4.69) is 15.4 Å². The zero-order valence-corrected chi connectivity index (χ0v) is 16.6. The highest BCUT2D eigenvalue weighted by Gasteiger charge is 2.19. The second-order valence-electron chi connectivity index (χ2n) is 6.72. The number of hydrogen-bond acceptors (Lipinski definition) is 5. The number of para-hydroxylation sites is 1. The summed E-state index contributed by atoms with van der Waals surface area (Å²) in [6.45, 7) is 0.811. The molecule has 1 heterocycles. The number of nitrogens with zero attached hydrogens (tertiary/aromatic N) is 1. The maximum atomic E-state index is 14.5. The summed E-state index contributed by atoms with van der Waals surface area (Å²) in [6, 6.07) is 9.75. The van der Waals surface area contributed by atoms with Crippen LogP contribution in [0, 0.1) is 5.82 Å². The monoisotopic (exact) mass is 423 g/mol. The highest BCUT2D eigenvalue weighted by Crippen LogP contribution is 2.33. The predicted molar refractivity (Wildman–Crippen MR) is 106 cm³/mol. The smallest absolute Gasteiger partial charge is 0.387 e. The fraction of sp³-hybridized carbons (Fsp3) is 0.381. The molecule has 2 aromatic rings. The van der Waals surface area contributed by atoms with Gasteiger partial charge in [-0.15, -0.1) is 0 Å². The van der Waals surface area contributed by atoms with E-state index in [0.717, 1.165) is 0 Å². The first kappa shape index (κ1) is 21.8. The number of rotatable bonds is 9. The summed E-state index contributed by atoms with van der Waals surface area (Å²) in [7, 11) is 0. The van der Waals surface area contributed by atoms with E-state index in [-0.39, 0.29) is 30.5 Å². The van der Waals surface area contributed by atoms with E-state index in [4.69, 9.17) is 4.74 Å². The first-order valence-electron chi connectivity index (χ1n) is 9.68. The largest absolute Gasteiger partial charge is 0.490 e. The molecule has 6 nitrogen and oxygen atoms in total. The van der Waals surface area contributed by atoms with Gasteiger partial charge >= 0.3 is 6.61 Å². The van der Waals surface area contributed by atoms with Crippen molar-refractivity contribution in [2.75, 3.05) is 31.1 Å². The second kappa shape index (κ2) is 10.2. The zero-order chi connectivity index (χ0) is 21.5. The van der Waals surface area contributed by atoms with Crippen LogP contribution in [0.2, 0.25) is 0 Å². The summed E-state index contributed by atoms with van der Waals surface area (Å²) in [6.07, 6.45) is 0. The van der Waals surface area contributed by atoms with Crippen molar-refractivity contribution in [3.63, 3.8) is 0 Å². The lowest BCUT2D eigenvalue weighted by atomic mass is 10.1. The Bertz CT molecular complexity index is 880. The summed E-state index contributed by atoms with van der Waals surface area (Å²) < 4.78 is 50.1. The number of alkyl halides is 2. The molecule has 1 saturated heterocycles. The van der Waals surface area contributed by atoms with Crippen molar-refractivity contribution in [1.82, 2.24) is 10.6 Å². The van der Waals surface area contributed by atoms with Crippen LogP contribution in [-0.4, -0.2) is 38.8 Å². The summed E-state index contributed by atoms with van der Waals surface area (Å²) in [5, 5.41) is 5.81. The van der Waals surface area contributed by atoms with Gasteiger partial charge in [0.05, 0.1) is 18.8 Å². The molecule has 9 heteroatoms. The van der Waals surface area contributed by atoms with E-state index in [1.165, 1.54) is 6.07 Å². The number of piperazine rings is 1. The third-order valence-corrected chi connectivity index (χ3v) is 4.60. The zero-order valence-electron chi connectivity index (χ0n) is 16.6. The Morgan fingerprint density at radius 1 is 1.23 bits per heavy atom. The number of anilines is 1. The molecular formula is C21H24F3N3O3. The van der Waals surface area contributed by atoms with Gasteiger partial charge in [-0.3, -0.25) is 4.79 Å². The molecule has 0 saturated carbocycles. The number of ether oxygens (including phenoxy) is 2. The number of carbonyl (C=O) groups excluding carboxylic acids is 1. The van der Waals surface area contributed by atoms with Gasteiger partial charge in [0, 0.05) is 31.7 Å². The van der Waals surface area contributed by atoms with Crippen LogP contribution in [0.15, 0.2) is 36.4 Å². The molecule has 1 aliphatic rings. The van der Waals surface area contributed by atoms with E-state index >= 15 is 0 Å². The summed E-state index contributed by atoms with van der Waals surface area (Å²) in [5.41, 5.74) is 1.58. The van der Waals surface area contributed by atoms with Gasteiger partial charge in [0.1, 0.15) is 5.82 Å². The number of halogens is 3. The lowest BCUT2D eigenvalue weighted by molar-refractivity contribution is -0.120. The van der Waals surface area contributed by atoms with Crippen LogP contribution in [0.4, 0.5) is 18.9 Å². The highest BCUT2D eigenvalue weighted by atomic mass is 19.3. The fourth-order valence-corrected chi connectivity index (χ4v) is 3.30. The van der Waals surface area contributed by atoms with Gasteiger partial charge in [-0.05, 0) is 30.7 Å². The molecule has 1 fully saturated rings. The van der Waals surface area contributed by atoms with Crippen molar-refractivity contribution >= 4 is 11.6 Å². The Kier molecular flexibility index (Phi) is 7.40. The Labute approximate surface area is 173 Å². The van der Waals surface area contributed by atoms with Gasteiger partial charge in [0.15, 0.2) is 11.5 Å². The topological polar surface area (TPSA) is 62.8 Å². The molecule has 162 valence electrons. The average Bonchev–Trinajstić information content (AvgIpc) is 2.70. The van der Waals surface area contributed by atoms with Crippen LogP contribution < -0.4 is 25.0 Å². The molecule has 0 spiro atoms. The summed E-state index contributed by atoms with van der Waals surface area (Å²) in [4.78, 5) is 13.2. The first-order chi connectivity index (χ1) is 14.5. The van der Waals surface area contributed by atoms with E-state index < -0.39 is 12.4 Å². The molecule has 2 N–H and O–H groups in total. The van der Waals surface area contributed by atoms with Crippen molar-refractivity contribution in [3.05, 3.63) is 53.3 Å². The molecule has 2 aromatic carbocycles. The minimum Gasteiger partial charge on any atom is -0.490 e. The maximum absolute atomic E-state index is 14.5. The first-order valence-corrected chi connectivity index (χ1v) is 9.68. The number of carbonyl (C=O) groups is 1. The van der Waals surface area contributed by atoms with Crippen LogP contribution in [-0.2, 0) is 17.9 Å². The number of nitrogens with one attached hydrogen (secondary N) is 2. The molecule has 30 heavy (non-hydrogen) atoms. The Balaban J connectivity index is 1.64. The normalized spacial score (nSPS) is 14.0. The Morgan fingerprint density at radius 3 is 2.77 bits per heavy atom. The maximum Gasteiger partial charge on any atom is 0.387 e. The van der Waals surface area contributed by atoms with E-state index in [9.17, 15) is 18.0 Å². The van der Waals surface area contributed by atoms with Crippen molar-refractivity contribution in [1.29, 1.82) is 0 Å². The Hall–Kier alpha value is -2.94. The van der Waals surface area contributed by atoms with Gasteiger partial charge in [-0.25, -0.2) is 4.39 Å². The molecular weight excluding hydrogens is 399 g/mol. The van der Waals surface area contributed by atoms with E-state index in [1.807, 2.05) is 0 Å². The standard InChI is InChI=1S/C21H24F3N3O3/c1-2-29-18-5-3-4-15(20(18)30-21(23)24)12-25-11-14-6-7-17(16(22)10-14)27-9-8-26-19(28)13-27/h3-7,10,21,25H,2,8-9,11-13H2,1H3,(H,26,28). The molecule has 0 aliphatic carbocycles. The summed E-state index contributed by atoms with van der Waals surface area (Å²) >= 11 is 0. The van der Waals surface area contributed by atoms with Crippen molar-refractivity contribution in [3.8, 4) is 11.5 Å². The summed E-state index contributed by atoms with van der Waals surface area (Å²) in [5.74, 6) is -0.309. The van der Waals surface area contributed by atoms with Gasteiger partial charge in [-0.2, -0.15) is 8.78 Å². The van der Waals surface area contributed by atoms with Gasteiger partial charge in [0.2, 0.25) is 5.91 Å². The Morgan fingerprint density at radius 2 is 2.07 bits per heavy atom. The minimum atomic E-state index is -2.97. The molecule has 1 amide bonds. The van der Waals surface area contributed by atoms with Crippen molar-refractivity contribution < 1.29 is 27.4 Å². The lowest BCUT2D eigenvalue weighted by Crippen LogP contribution is -2.48. The molecule has 0 aromatic heterocycles. The number of benzene rings is 2. The third-order valence-electron chi connectivity index (χ3n) is 4.60. The molecule has 0 radical (unpaired) electrons. The second-order valence-corrected chi connectivity index (χ2v) is 6.72. The molecule has 0 bridgehead atoms. The number of amides is 1. The SMILES string of the molecule is CCOc1cccc(CNCc2ccc(N3CCNC(=O)C3)c(F)c2)c1OC(F)F. The fourth-order valence-electron chi connectivity index (χ4n) is 3.30. The van der Waals surface area contributed by atoms with E-state index in [0.29, 0.717) is 43.1 Å². The molecule has 0 atom stereocenters. The minimum absolute atomic E-state index is 0.00764. The highest BCUT2D eigenvalue weighted by molar-refractivity contribution is 5.82. The van der Waals surface area contributed by atoms with Crippen LogP contribution in [0.1, 0.15) is 18.1 Å². The average molecular weight is 423 g/mol. The van der Waals surface area contributed by atoms with Crippen LogP contribution in [0.5, 0.6) is 11.5 Å². The van der Waals surface area contributed by atoms with Gasteiger partial charge in [-0.1, -0.05) is 18.2 Å². The van der Waals surface area contributed by atoms with Crippen molar-refractivity contribution in [2.45, 2.75) is 26.6 Å². The van der Waals surface area contributed by atoms with Crippen LogP contribution in [0.25, 0.3) is 0 Å². The van der Waals surface area contributed by atoms with Gasteiger partial charge in [0.25, 0.3) is 0 Å². The molecule has 0 unspecified atom stereocenters. The number of hydrogen-bond donors (Lipinski definition) is 2. The third kappa shape index (κ3) is 5.56. The predicted octanol–water partition coefficient (Wildman–Crippen LogP) is 3.05. The molecule has 3 rings (SSSR count). The van der Waals surface area contributed by atoms with E-state index in [1.54, 1.807) is 42.2 Å². The van der Waals surface area contributed by atoms with Crippen molar-refractivity contribution in [2.24, 2.45) is 0 Å². The van der Waals surface area contributed by atoms with Gasteiger partial charge < -0.3 is 25.0 Å². The lowest BCUT2D eigenvalue weighted by Gasteiger charge is -2.29. The van der Waals surface area contributed by atoms with Crippen LogP contribution in [0.3, 0.4) is 0 Å². The quantitative estimate of drug-likeness (QED) is 0.649. The molecule has 1 aliphatic heterocycles. The van der Waals surface area contributed by atoms with Crippen LogP contribution >= 0.6 is 0 Å².